The highest BCUT2D eigenvalue weighted by atomic mass is 19.4. The van der Waals surface area contributed by atoms with Gasteiger partial charge in [-0.15, -0.1) is 0 Å². The Bertz CT molecular complexity index is 855. The smallest absolute Gasteiger partial charge is 0.464 e. The van der Waals surface area contributed by atoms with Crippen LogP contribution in [0.15, 0.2) is 42.6 Å². The number of halogens is 3. The molecule has 1 amide bonds. The average molecular weight is 382 g/mol. The predicted octanol–water partition coefficient (Wildman–Crippen LogP) is 2.39. The Kier molecular flexibility index (Phi) is 5.72. The van der Waals surface area contributed by atoms with Crippen LogP contribution in [-0.2, 0) is 9.53 Å². The van der Waals surface area contributed by atoms with Crippen LogP contribution in [0.4, 0.5) is 19.0 Å². The van der Waals surface area contributed by atoms with Crippen molar-refractivity contribution >= 4 is 17.7 Å². The van der Waals surface area contributed by atoms with Crippen LogP contribution < -0.4 is 15.6 Å². The zero-order chi connectivity index (χ0) is 20.2. The molecule has 144 valence electrons. The molecule has 1 aromatic carbocycles. The van der Waals surface area contributed by atoms with Crippen molar-refractivity contribution in [1.82, 2.24) is 5.32 Å². The number of aromatic amines is 1. The molecule has 0 aliphatic rings. The minimum atomic E-state index is -5.20. The van der Waals surface area contributed by atoms with Crippen molar-refractivity contribution in [2.75, 3.05) is 12.4 Å². The summed E-state index contributed by atoms with van der Waals surface area (Å²) in [5.74, 6) is -2.90. The van der Waals surface area contributed by atoms with Gasteiger partial charge in [0.05, 0.1) is 13.3 Å². The lowest BCUT2D eigenvalue weighted by Gasteiger charge is -2.30. The zero-order valence-corrected chi connectivity index (χ0v) is 14.9. The largest absolute Gasteiger partial charge is 0.464 e. The first-order valence-corrected chi connectivity index (χ1v) is 7.90. The Morgan fingerprint density at radius 1 is 1.11 bits per heavy atom. The monoisotopic (exact) mass is 382 g/mol. The van der Waals surface area contributed by atoms with Gasteiger partial charge < -0.3 is 4.74 Å². The first-order valence-electron chi connectivity index (χ1n) is 7.90. The number of amides is 1. The molecule has 9 heteroatoms. The first-order chi connectivity index (χ1) is 12.6. The molecule has 0 aliphatic carbocycles. The van der Waals surface area contributed by atoms with Crippen molar-refractivity contribution in [3.8, 4) is 0 Å². The average Bonchev–Trinajstić information content (AvgIpc) is 2.59. The standard InChI is InChI=1S/C18H18F3N3O3/c1-11-8-9-22-14(10-11)23-17(16(26)27-3,18(19,20)21)24-15(25)13-7-5-4-6-12(13)2/h4-10H,1-3H3,(H,22,23)(H,24,25)/p+1/t17-/m1/s1. The number of pyridine rings is 1. The van der Waals surface area contributed by atoms with Crippen LogP contribution in [0.1, 0.15) is 21.5 Å². The Morgan fingerprint density at radius 3 is 2.33 bits per heavy atom. The number of ether oxygens (including phenoxy) is 1. The van der Waals surface area contributed by atoms with Crippen LogP contribution in [0.3, 0.4) is 0 Å². The summed E-state index contributed by atoms with van der Waals surface area (Å²) in [5.41, 5.74) is -2.38. The summed E-state index contributed by atoms with van der Waals surface area (Å²) in [6.45, 7) is 3.24. The van der Waals surface area contributed by atoms with E-state index in [1.165, 1.54) is 24.4 Å². The van der Waals surface area contributed by atoms with E-state index in [4.69, 9.17) is 0 Å². The van der Waals surface area contributed by atoms with E-state index < -0.39 is 23.7 Å². The maximum atomic E-state index is 14.0. The van der Waals surface area contributed by atoms with Gasteiger partial charge in [0, 0.05) is 11.6 Å². The number of H-pyrrole nitrogens is 1. The molecule has 27 heavy (non-hydrogen) atoms. The number of hydrogen-bond acceptors (Lipinski definition) is 4. The molecule has 1 atom stereocenters. The van der Waals surface area contributed by atoms with Gasteiger partial charge in [-0.3, -0.25) is 10.1 Å². The minimum absolute atomic E-state index is 0.00468. The van der Waals surface area contributed by atoms with Gasteiger partial charge in [-0.2, -0.15) is 13.2 Å². The highest BCUT2D eigenvalue weighted by Gasteiger charge is 2.67. The molecule has 0 spiro atoms. The quantitative estimate of drug-likeness (QED) is 0.615. The number of carbonyl (C=O) groups is 2. The third kappa shape index (κ3) is 4.18. The maximum Gasteiger partial charge on any atom is 0.464 e. The molecule has 0 saturated carbocycles. The second-order valence-corrected chi connectivity index (χ2v) is 5.91. The number of rotatable bonds is 5. The molecule has 2 rings (SSSR count). The number of carbonyl (C=O) groups excluding carboxylic acids is 2. The van der Waals surface area contributed by atoms with Crippen molar-refractivity contribution in [3.63, 3.8) is 0 Å². The summed E-state index contributed by atoms with van der Waals surface area (Å²) >= 11 is 0. The number of nitrogens with one attached hydrogen (secondary N) is 3. The summed E-state index contributed by atoms with van der Waals surface area (Å²) in [4.78, 5) is 27.3. The Hall–Kier alpha value is -3.10. The molecule has 6 nitrogen and oxygen atoms in total. The molecule has 0 bridgehead atoms. The number of alkyl halides is 3. The van der Waals surface area contributed by atoms with Crippen LogP contribution in [0, 0.1) is 13.8 Å². The second-order valence-electron chi connectivity index (χ2n) is 5.91. The predicted molar refractivity (Wildman–Crippen MR) is 90.8 cm³/mol. The Balaban J connectivity index is 2.52. The van der Waals surface area contributed by atoms with E-state index in [0.717, 1.165) is 7.11 Å². The van der Waals surface area contributed by atoms with Gasteiger partial charge in [0.25, 0.3) is 11.7 Å². The minimum Gasteiger partial charge on any atom is -0.464 e. The van der Waals surface area contributed by atoms with E-state index in [2.05, 4.69) is 15.0 Å². The molecular weight excluding hydrogens is 363 g/mol. The molecule has 1 aromatic heterocycles. The van der Waals surface area contributed by atoms with Crippen LogP contribution in [0.5, 0.6) is 0 Å². The summed E-state index contributed by atoms with van der Waals surface area (Å²) < 4.78 is 46.3. The van der Waals surface area contributed by atoms with E-state index >= 15 is 0 Å². The van der Waals surface area contributed by atoms with Crippen molar-refractivity contribution in [3.05, 3.63) is 59.3 Å². The summed E-state index contributed by atoms with van der Waals surface area (Å²) in [7, 11) is 0.810. The summed E-state index contributed by atoms with van der Waals surface area (Å²) in [6, 6.07) is 9.08. The van der Waals surface area contributed by atoms with Gasteiger partial charge in [0.1, 0.15) is 0 Å². The van der Waals surface area contributed by atoms with E-state index in [0.29, 0.717) is 11.1 Å². The lowest BCUT2D eigenvalue weighted by Crippen LogP contribution is -2.69. The molecule has 0 aliphatic heterocycles. The fraction of sp³-hybridized carbons (Fsp3) is 0.278. The van der Waals surface area contributed by atoms with Crippen LogP contribution in [0.2, 0.25) is 0 Å². The summed E-state index contributed by atoms with van der Waals surface area (Å²) in [6.07, 6.45) is -3.80. The van der Waals surface area contributed by atoms with E-state index in [-0.39, 0.29) is 11.4 Å². The highest BCUT2D eigenvalue weighted by molar-refractivity contribution is 6.00. The molecule has 2 aromatic rings. The SMILES string of the molecule is COC(=O)[C@](NC(=O)c1ccccc1C)(Nc1cc(C)cc[nH+]1)C(F)(F)F. The number of hydrogen-bond donors (Lipinski definition) is 2. The number of aryl methyl sites for hydroxylation is 2. The number of esters is 1. The van der Waals surface area contributed by atoms with E-state index in [1.807, 2.05) is 0 Å². The van der Waals surface area contributed by atoms with Crippen LogP contribution in [-0.4, -0.2) is 30.8 Å². The van der Waals surface area contributed by atoms with Gasteiger partial charge in [0.2, 0.25) is 0 Å². The lowest BCUT2D eigenvalue weighted by atomic mass is 10.1. The Morgan fingerprint density at radius 2 is 1.78 bits per heavy atom. The number of benzene rings is 1. The zero-order valence-electron chi connectivity index (χ0n) is 14.9. The number of aromatic nitrogens is 1. The van der Waals surface area contributed by atoms with Gasteiger partial charge in [-0.1, -0.05) is 18.2 Å². The second kappa shape index (κ2) is 7.65. The third-order valence-corrected chi connectivity index (χ3v) is 3.89. The lowest BCUT2D eigenvalue weighted by molar-refractivity contribution is -0.363. The molecule has 0 unspecified atom stereocenters. The molecule has 3 N–H and O–H groups in total. The molecular formula is C18H19F3N3O3+. The number of methoxy groups -OCH3 is 1. The first kappa shape index (κ1) is 20.2. The molecule has 0 fully saturated rings. The van der Waals surface area contributed by atoms with E-state index in [1.54, 1.807) is 37.4 Å². The third-order valence-electron chi connectivity index (χ3n) is 3.89. The van der Waals surface area contributed by atoms with Crippen molar-refractivity contribution in [2.45, 2.75) is 25.7 Å². The van der Waals surface area contributed by atoms with Crippen molar-refractivity contribution in [1.29, 1.82) is 0 Å². The topological polar surface area (TPSA) is 81.6 Å². The van der Waals surface area contributed by atoms with Gasteiger partial charge >= 0.3 is 17.8 Å². The van der Waals surface area contributed by atoms with Crippen molar-refractivity contribution < 1.29 is 32.5 Å². The number of anilines is 1. The van der Waals surface area contributed by atoms with Gasteiger partial charge in [0.15, 0.2) is 0 Å². The summed E-state index contributed by atoms with van der Waals surface area (Å²) in [5, 5.41) is 3.83. The van der Waals surface area contributed by atoms with Gasteiger partial charge in [-0.05, 0) is 37.1 Å². The molecule has 1 heterocycles. The van der Waals surface area contributed by atoms with Crippen molar-refractivity contribution in [2.24, 2.45) is 0 Å². The fourth-order valence-electron chi connectivity index (χ4n) is 2.46. The van der Waals surface area contributed by atoms with E-state index in [9.17, 15) is 22.8 Å². The molecule has 0 radical (unpaired) electrons. The maximum absolute atomic E-state index is 14.0. The van der Waals surface area contributed by atoms with Crippen LogP contribution >= 0.6 is 0 Å². The normalized spacial score (nSPS) is 13.4. The highest BCUT2D eigenvalue weighted by Crippen LogP contribution is 2.32. The van der Waals surface area contributed by atoms with Crippen LogP contribution in [0.25, 0.3) is 0 Å². The van der Waals surface area contributed by atoms with Gasteiger partial charge in [-0.25, -0.2) is 15.1 Å². The molecule has 0 saturated heterocycles. The Labute approximate surface area is 153 Å². The fourth-order valence-corrected chi connectivity index (χ4v) is 2.46.